The minimum absolute atomic E-state index is 0.0639. The Bertz CT molecular complexity index is 1120. The maximum atomic E-state index is 12.4. The average molecular weight is 432 g/mol. The summed E-state index contributed by atoms with van der Waals surface area (Å²) in [5, 5.41) is 11.7. The zero-order valence-corrected chi connectivity index (χ0v) is 19.2. The van der Waals surface area contributed by atoms with E-state index < -0.39 is 5.91 Å². The van der Waals surface area contributed by atoms with Crippen LogP contribution in [0.15, 0.2) is 59.2 Å². The van der Waals surface area contributed by atoms with E-state index in [1.54, 1.807) is 24.3 Å². The number of ether oxygens (including phenoxy) is 1. The highest BCUT2D eigenvalue weighted by molar-refractivity contribution is 6.02. The number of hydrogen-bond acceptors (Lipinski definition) is 5. The number of carbonyl (C=O) groups excluding carboxylic acids is 1. The van der Waals surface area contributed by atoms with Crippen LogP contribution in [0.2, 0.25) is 0 Å². The summed E-state index contributed by atoms with van der Waals surface area (Å²) in [6, 6.07) is 16.8. The highest BCUT2D eigenvalue weighted by atomic mass is 16.5. The van der Waals surface area contributed by atoms with E-state index in [1.807, 2.05) is 18.2 Å². The highest BCUT2D eigenvalue weighted by Gasteiger charge is 2.27. The monoisotopic (exact) mass is 431 g/mol. The van der Waals surface area contributed by atoms with Gasteiger partial charge < -0.3 is 14.5 Å². The summed E-state index contributed by atoms with van der Waals surface area (Å²) in [6.45, 7) is 11.4. The molecule has 0 spiro atoms. The van der Waals surface area contributed by atoms with Gasteiger partial charge in [0.05, 0.1) is 11.6 Å². The zero-order chi connectivity index (χ0) is 23.4. The van der Waals surface area contributed by atoms with Crippen LogP contribution in [0.1, 0.15) is 68.5 Å². The Morgan fingerprint density at radius 2 is 1.84 bits per heavy atom. The van der Waals surface area contributed by atoms with Gasteiger partial charge in [0.15, 0.2) is 12.3 Å². The molecular formula is C26H29N3O3. The van der Waals surface area contributed by atoms with Gasteiger partial charge in [0, 0.05) is 5.69 Å². The second kappa shape index (κ2) is 9.27. The number of carbonyl (C=O) groups is 1. The van der Waals surface area contributed by atoms with Gasteiger partial charge in [-0.3, -0.25) is 4.79 Å². The van der Waals surface area contributed by atoms with Crippen LogP contribution in [-0.4, -0.2) is 10.9 Å². The summed E-state index contributed by atoms with van der Waals surface area (Å²) in [5.41, 5.74) is 2.69. The molecule has 3 rings (SSSR count). The fourth-order valence-electron chi connectivity index (χ4n) is 3.92. The van der Waals surface area contributed by atoms with Crippen LogP contribution in [-0.2, 0) is 12.0 Å². The van der Waals surface area contributed by atoms with Crippen LogP contribution < -0.4 is 10.1 Å². The maximum absolute atomic E-state index is 12.4. The fraction of sp³-hybridized carbons (Fsp3) is 0.346. The van der Waals surface area contributed by atoms with E-state index in [4.69, 9.17) is 14.4 Å². The molecule has 0 radical (unpaired) electrons. The van der Waals surface area contributed by atoms with Crippen LogP contribution in [0.5, 0.6) is 5.75 Å². The first-order chi connectivity index (χ1) is 15.1. The average Bonchev–Trinajstić information content (AvgIpc) is 3.20. The predicted octanol–water partition coefficient (Wildman–Crippen LogP) is 6.09. The molecule has 32 heavy (non-hydrogen) atoms. The zero-order valence-electron chi connectivity index (χ0n) is 19.2. The first kappa shape index (κ1) is 23.1. The van der Waals surface area contributed by atoms with E-state index in [2.05, 4.69) is 57.1 Å². The Hall–Kier alpha value is -3.59. The van der Waals surface area contributed by atoms with E-state index >= 15 is 0 Å². The van der Waals surface area contributed by atoms with Crippen LogP contribution >= 0.6 is 0 Å². The molecule has 0 bridgehead atoms. The smallest absolute Gasteiger partial charge is 0.277 e. The second-order valence-electron chi connectivity index (χ2n) is 9.71. The summed E-state index contributed by atoms with van der Waals surface area (Å²) < 4.78 is 11.2. The van der Waals surface area contributed by atoms with Gasteiger partial charge in [-0.05, 0) is 53.1 Å². The molecule has 166 valence electrons. The minimum Gasteiger partial charge on any atom is -0.484 e. The van der Waals surface area contributed by atoms with Crippen molar-refractivity contribution in [3.05, 3.63) is 77.5 Å². The van der Waals surface area contributed by atoms with Crippen molar-refractivity contribution in [2.45, 2.75) is 53.1 Å². The van der Waals surface area contributed by atoms with Crippen LogP contribution in [0, 0.1) is 16.7 Å². The van der Waals surface area contributed by atoms with Gasteiger partial charge in [0.25, 0.3) is 5.91 Å². The number of benzene rings is 2. The molecule has 1 N–H and O–H groups in total. The van der Waals surface area contributed by atoms with E-state index in [9.17, 15) is 4.79 Å². The van der Waals surface area contributed by atoms with Crippen molar-refractivity contribution in [2.24, 2.45) is 5.41 Å². The maximum Gasteiger partial charge on any atom is 0.277 e. The topological polar surface area (TPSA) is 88.1 Å². The number of nitrogens with zero attached hydrogens (tertiary/aromatic N) is 2. The molecule has 2 aromatic carbocycles. The summed E-state index contributed by atoms with van der Waals surface area (Å²) in [6.07, 6.45) is 2.36. The van der Waals surface area contributed by atoms with Gasteiger partial charge in [-0.1, -0.05) is 52.8 Å². The third-order valence-electron chi connectivity index (χ3n) is 5.00. The predicted molar refractivity (Wildman–Crippen MR) is 123 cm³/mol. The van der Waals surface area contributed by atoms with Gasteiger partial charge >= 0.3 is 0 Å². The lowest BCUT2D eigenvalue weighted by atomic mass is 9.72. The number of rotatable bonds is 7. The van der Waals surface area contributed by atoms with Crippen molar-refractivity contribution in [1.82, 2.24) is 4.98 Å². The third kappa shape index (κ3) is 6.21. The molecule has 6 heteroatoms. The third-order valence-corrected chi connectivity index (χ3v) is 5.00. The molecule has 0 atom stereocenters. The number of amides is 1. The summed E-state index contributed by atoms with van der Waals surface area (Å²) in [7, 11) is 0. The van der Waals surface area contributed by atoms with E-state index in [0.29, 0.717) is 22.9 Å². The molecule has 0 aliphatic carbocycles. The van der Waals surface area contributed by atoms with Gasteiger partial charge in [-0.2, -0.15) is 5.26 Å². The van der Waals surface area contributed by atoms with Gasteiger partial charge in [-0.25, -0.2) is 4.98 Å². The van der Waals surface area contributed by atoms with Crippen molar-refractivity contribution >= 4 is 11.6 Å². The van der Waals surface area contributed by atoms with Crippen LogP contribution in [0.25, 0.3) is 0 Å². The molecule has 0 fully saturated rings. The largest absolute Gasteiger partial charge is 0.484 e. The lowest BCUT2D eigenvalue weighted by Gasteiger charge is -2.33. The minimum atomic E-state index is -0.416. The molecule has 0 saturated heterocycles. The number of nitriles is 1. The molecule has 0 unspecified atom stereocenters. The summed E-state index contributed by atoms with van der Waals surface area (Å²) in [5.74, 6) is 0.594. The Labute approximate surface area is 189 Å². The quantitative estimate of drug-likeness (QED) is 0.489. The van der Waals surface area contributed by atoms with Crippen molar-refractivity contribution in [3.63, 3.8) is 0 Å². The molecule has 1 heterocycles. The van der Waals surface area contributed by atoms with Crippen molar-refractivity contribution < 1.29 is 13.9 Å². The first-order valence-corrected chi connectivity index (χ1v) is 10.5. The second-order valence-corrected chi connectivity index (χ2v) is 9.71. The Morgan fingerprint density at radius 1 is 1.12 bits per heavy atom. The number of aromatic nitrogens is 1. The van der Waals surface area contributed by atoms with Crippen LogP contribution in [0.3, 0.4) is 0 Å². The number of oxazole rings is 1. The lowest BCUT2D eigenvalue weighted by molar-refractivity contribution is 0.102. The van der Waals surface area contributed by atoms with E-state index in [1.165, 1.54) is 11.8 Å². The van der Waals surface area contributed by atoms with Gasteiger partial charge in [-0.15, -0.1) is 0 Å². The molecule has 1 amide bonds. The number of nitrogens with one attached hydrogen (secondary N) is 1. The van der Waals surface area contributed by atoms with Gasteiger partial charge in [0.1, 0.15) is 12.0 Å². The first-order valence-electron chi connectivity index (χ1n) is 10.5. The molecule has 1 aromatic heterocycles. The van der Waals surface area contributed by atoms with Crippen molar-refractivity contribution in [1.29, 1.82) is 5.26 Å². The molecule has 6 nitrogen and oxygen atoms in total. The van der Waals surface area contributed by atoms with Gasteiger partial charge in [0.2, 0.25) is 5.89 Å². The Morgan fingerprint density at radius 3 is 2.50 bits per heavy atom. The molecule has 0 saturated carbocycles. The number of hydrogen-bond donors (Lipinski definition) is 1. The number of anilines is 1. The van der Waals surface area contributed by atoms with Crippen molar-refractivity contribution in [2.75, 3.05) is 5.32 Å². The van der Waals surface area contributed by atoms with Crippen LogP contribution in [0.4, 0.5) is 5.69 Å². The SMILES string of the molecule is CC(C)(C)CC(C)(C)c1ccc(OCc2nc(C(=O)Nc3cccc(C#N)c3)co2)cc1. The molecular weight excluding hydrogens is 402 g/mol. The fourth-order valence-corrected chi connectivity index (χ4v) is 3.92. The molecule has 3 aromatic rings. The summed E-state index contributed by atoms with van der Waals surface area (Å²) >= 11 is 0. The highest BCUT2D eigenvalue weighted by Crippen LogP contribution is 2.36. The van der Waals surface area contributed by atoms with E-state index in [-0.39, 0.29) is 23.1 Å². The lowest BCUT2D eigenvalue weighted by Crippen LogP contribution is -2.24. The van der Waals surface area contributed by atoms with E-state index in [0.717, 1.165) is 6.42 Å². The normalized spacial score (nSPS) is 11.6. The Kier molecular flexibility index (Phi) is 6.69. The van der Waals surface area contributed by atoms with Crippen molar-refractivity contribution in [3.8, 4) is 11.8 Å². The standard InChI is InChI=1S/C26H29N3O3/c1-25(2,3)17-26(4,5)19-9-11-21(12-10-19)31-16-23-29-22(15-32-23)24(30)28-20-8-6-7-18(13-20)14-27/h6-13,15H,16-17H2,1-5H3,(H,28,30). The molecule has 0 aliphatic rings. The summed E-state index contributed by atoms with van der Waals surface area (Å²) in [4.78, 5) is 16.6. The molecule has 0 aliphatic heterocycles. The Balaban J connectivity index is 1.58.